The highest BCUT2D eigenvalue weighted by Gasteiger charge is 2.44. The van der Waals surface area contributed by atoms with Crippen LogP contribution in [-0.4, -0.2) is 87.5 Å². The van der Waals surface area contributed by atoms with Crippen LogP contribution in [0.4, 0.5) is 0 Å². The lowest BCUT2D eigenvalue weighted by Gasteiger charge is -2.40. The number of allylic oxidation sites excluding steroid dienone is 3. The van der Waals surface area contributed by atoms with E-state index in [9.17, 15) is 30.3 Å². The highest BCUT2D eigenvalue weighted by atomic mass is 16.7. The van der Waals surface area contributed by atoms with Crippen molar-refractivity contribution in [2.75, 3.05) is 13.2 Å². The molecule has 1 amide bonds. The van der Waals surface area contributed by atoms with Crippen LogP contribution in [0.3, 0.4) is 0 Å². The Bertz CT molecular complexity index is 1590. The average molecular weight is 1370 g/mol. The van der Waals surface area contributed by atoms with Gasteiger partial charge in [-0.1, -0.05) is 449 Å². The minimum Gasteiger partial charge on any atom is -0.394 e. The molecule has 9 heteroatoms. The van der Waals surface area contributed by atoms with Gasteiger partial charge in [-0.25, -0.2) is 0 Å². The second-order valence-corrected chi connectivity index (χ2v) is 31.0. The summed E-state index contributed by atoms with van der Waals surface area (Å²) < 4.78 is 11.4. The fourth-order valence-electron chi connectivity index (χ4n) is 14.7. The first-order valence-corrected chi connectivity index (χ1v) is 44.1. The van der Waals surface area contributed by atoms with Gasteiger partial charge in [-0.05, 0) is 44.9 Å². The third-order valence-corrected chi connectivity index (χ3v) is 21.5. The first-order valence-electron chi connectivity index (χ1n) is 44.1. The summed E-state index contributed by atoms with van der Waals surface area (Å²) in [5, 5.41) is 55.0. The molecule has 576 valence electrons. The molecule has 1 fully saturated rings. The van der Waals surface area contributed by atoms with Gasteiger partial charge in [0.15, 0.2) is 6.29 Å². The fraction of sp³-hybridized carbons (Fsp3) is 0.943. The summed E-state index contributed by atoms with van der Waals surface area (Å²) in [5.41, 5.74) is 0. The van der Waals surface area contributed by atoms with Crippen molar-refractivity contribution >= 4 is 5.91 Å². The standard InChI is InChI=1S/C88H171NO8/c1-3-5-7-9-11-13-15-17-19-21-23-25-27-29-31-33-35-37-38-39-40-41-42-43-44-46-48-50-52-54-56-58-60-62-64-66-68-70-72-74-76-78-84(92)89-81(80-96-88-87(95)86(94)85(93)83(79-90)97-88)82(91)77-75-73-71-69-67-65-63-61-59-57-55-53-51-49-47-45-36-34-32-30-28-26-24-22-20-18-16-14-12-10-8-6-4-2/h21,23,75,77,81-83,85-88,90-91,93-95H,3-20,22,24-74,76,78-80H2,1-2H3,(H,89,92)/b23-21-,77-75+. The van der Waals surface area contributed by atoms with Crippen LogP contribution in [0.25, 0.3) is 0 Å². The Balaban J connectivity index is 2.01. The Labute approximate surface area is 604 Å². The van der Waals surface area contributed by atoms with Gasteiger partial charge in [0.2, 0.25) is 5.91 Å². The smallest absolute Gasteiger partial charge is 0.220 e. The minimum absolute atomic E-state index is 0.165. The van der Waals surface area contributed by atoms with E-state index in [0.29, 0.717) is 6.42 Å². The third-order valence-electron chi connectivity index (χ3n) is 21.5. The molecule has 0 spiro atoms. The largest absolute Gasteiger partial charge is 0.394 e. The Kier molecular flexibility index (Phi) is 74.6. The van der Waals surface area contributed by atoms with Crippen LogP contribution in [0.1, 0.15) is 476 Å². The van der Waals surface area contributed by atoms with E-state index >= 15 is 0 Å². The zero-order valence-corrected chi connectivity index (χ0v) is 65.1. The molecule has 1 saturated heterocycles. The Morgan fingerprint density at radius 1 is 0.340 bits per heavy atom. The van der Waals surface area contributed by atoms with Crippen LogP contribution >= 0.6 is 0 Å². The summed E-state index contributed by atoms with van der Waals surface area (Å²) in [6, 6.07) is -0.805. The van der Waals surface area contributed by atoms with Crippen LogP contribution in [0, 0.1) is 0 Å². The summed E-state index contributed by atoms with van der Waals surface area (Å²) in [6.07, 6.45) is 98.0. The molecule has 7 unspecified atom stereocenters. The minimum atomic E-state index is -1.57. The topological polar surface area (TPSA) is 149 Å². The van der Waals surface area contributed by atoms with Gasteiger partial charge < -0.3 is 40.3 Å². The number of aliphatic hydroxyl groups is 5. The molecule has 0 radical (unpaired) electrons. The molecule has 1 aliphatic heterocycles. The summed E-state index contributed by atoms with van der Waals surface area (Å²) in [5.74, 6) is -0.165. The predicted molar refractivity (Wildman–Crippen MR) is 420 cm³/mol. The highest BCUT2D eigenvalue weighted by Crippen LogP contribution is 2.25. The maximum atomic E-state index is 13.2. The van der Waals surface area contributed by atoms with Crippen molar-refractivity contribution in [2.24, 2.45) is 0 Å². The lowest BCUT2D eigenvalue weighted by Crippen LogP contribution is -2.60. The molecule has 0 saturated carbocycles. The molecule has 1 heterocycles. The number of ether oxygens (including phenoxy) is 2. The van der Waals surface area contributed by atoms with Crippen molar-refractivity contribution in [1.82, 2.24) is 5.32 Å². The van der Waals surface area contributed by atoms with E-state index in [2.05, 4.69) is 31.3 Å². The van der Waals surface area contributed by atoms with Gasteiger partial charge in [-0.15, -0.1) is 0 Å². The number of nitrogens with one attached hydrogen (secondary N) is 1. The van der Waals surface area contributed by atoms with Gasteiger partial charge in [0.25, 0.3) is 0 Å². The maximum absolute atomic E-state index is 13.2. The second kappa shape index (κ2) is 77.3. The molecule has 1 aliphatic rings. The quantitative estimate of drug-likeness (QED) is 0.0261. The van der Waals surface area contributed by atoms with Crippen LogP contribution in [0.2, 0.25) is 0 Å². The van der Waals surface area contributed by atoms with Crippen LogP contribution in [0.15, 0.2) is 24.3 Å². The molecule has 6 N–H and O–H groups in total. The zero-order chi connectivity index (χ0) is 69.9. The Morgan fingerprint density at radius 2 is 0.577 bits per heavy atom. The molecule has 97 heavy (non-hydrogen) atoms. The Morgan fingerprint density at radius 3 is 0.835 bits per heavy atom. The van der Waals surface area contributed by atoms with Gasteiger partial charge in [0.05, 0.1) is 25.4 Å². The van der Waals surface area contributed by atoms with Crippen molar-refractivity contribution in [3.8, 4) is 0 Å². The number of hydrogen-bond donors (Lipinski definition) is 6. The number of rotatable bonds is 80. The number of unbranched alkanes of at least 4 members (excludes halogenated alkanes) is 68. The van der Waals surface area contributed by atoms with E-state index in [1.807, 2.05) is 6.08 Å². The van der Waals surface area contributed by atoms with Crippen molar-refractivity contribution in [2.45, 2.75) is 519 Å². The van der Waals surface area contributed by atoms with E-state index in [1.165, 1.54) is 417 Å². The molecule has 1 rings (SSSR count). The highest BCUT2D eigenvalue weighted by molar-refractivity contribution is 5.76. The SMILES string of the molecule is CCCCCCCCCC/C=C\CCCCCCCCCCCCCCCCCCCCCCCCCCCCCCCC(=O)NC(COC1OC(CO)C(O)C(O)C1O)C(O)/C=C/CCCCCCCCCCCCCCCCCCCCCCCCCCCCCCCCC. The van der Waals surface area contributed by atoms with Crippen molar-refractivity contribution in [1.29, 1.82) is 0 Å². The fourth-order valence-corrected chi connectivity index (χ4v) is 14.7. The van der Waals surface area contributed by atoms with E-state index in [1.54, 1.807) is 6.08 Å². The monoisotopic (exact) mass is 1370 g/mol. The van der Waals surface area contributed by atoms with E-state index in [-0.39, 0.29) is 12.5 Å². The van der Waals surface area contributed by atoms with Gasteiger partial charge in [-0.3, -0.25) is 4.79 Å². The molecule has 9 nitrogen and oxygen atoms in total. The van der Waals surface area contributed by atoms with Crippen LogP contribution in [0.5, 0.6) is 0 Å². The number of aliphatic hydroxyl groups excluding tert-OH is 5. The average Bonchev–Trinajstić information content (AvgIpc) is 0.854. The summed E-state index contributed by atoms with van der Waals surface area (Å²) in [6.45, 7) is 3.86. The first-order chi connectivity index (χ1) is 47.8. The normalized spacial score (nSPS) is 17.4. The molecule has 0 aliphatic carbocycles. The first kappa shape index (κ1) is 93.7. The van der Waals surface area contributed by atoms with Gasteiger partial charge in [-0.2, -0.15) is 0 Å². The van der Waals surface area contributed by atoms with E-state index in [4.69, 9.17) is 9.47 Å². The maximum Gasteiger partial charge on any atom is 0.220 e. The van der Waals surface area contributed by atoms with E-state index in [0.717, 1.165) is 38.5 Å². The van der Waals surface area contributed by atoms with Crippen molar-refractivity contribution in [3.05, 3.63) is 24.3 Å². The predicted octanol–water partition coefficient (Wildman–Crippen LogP) is 25.9. The zero-order valence-electron chi connectivity index (χ0n) is 65.1. The number of hydrogen-bond acceptors (Lipinski definition) is 8. The van der Waals surface area contributed by atoms with Crippen LogP contribution in [-0.2, 0) is 14.3 Å². The molecular weight excluding hydrogens is 1200 g/mol. The lowest BCUT2D eigenvalue weighted by molar-refractivity contribution is -0.302. The second-order valence-electron chi connectivity index (χ2n) is 31.0. The lowest BCUT2D eigenvalue weighted by atomic mass is 9.99. The van der Waals surface area contributed by atoms with Crippen molar-refractivity contribution < 1.29 is 39.8 Å². The van der Waals surface area contributed by atoms with Crippen LogP contribution < -0.4 is 5.32 Å². The van der Waals surface area contributed by atoms with Gasteiger partial charge >= 0.3 is 0 Å². The summed E-state index contributed by atoms with van der Waals surface area (Å²) in [7, 11) is 0. The molecule has 0 bridgehead atoms. The number of amides is 1. The molecular formula is C88H171NO8. The van der Waals surface area contributed by atoms with Gasteiger partial charge in [0, 0.05) is 6.42 Å². The molecule has 0 aromatic heterocycles. The van der Waals surface area contributed by atoms with Gasteiger partial charge in [0.1, 0.15) is 24.4 Å². The molecule has 0 aromatic rings. The van der Waals surface area contributed by atoms with E-state index < -0.39 is 49.5 Å². The number of carbonyl (C=O) groups is 1. The summed E-state index contributed by atoms with van der Waals surface area (Å²) in [4.78, 5) is 13.2. The molecule has 7 atom stereocenters. The Hall–Kier alpha value is -1.33. The number of carbonyl (C=O) groups excluding carboxylic acids is 1. The third kappa shape index (κ3) is 65.2. The molecule has 0 aromatic carbocycles. The summed E-state index contributed by atoms with van der Waals surface area (Å²) >= 11 is 0. The van der Waals surface area contributed by atoms with Crippen molar-refractivity contribution in [3.63, 3.8) is 0 Å².